The number of nitrogens with one attached hydrogen (secondary N) is 1. The molecular weight excluding hydrogens is 356 g/mol. The summed E-state index contributed by atoms with van der Waals surface area (Å²) in [6, 6.07) is 10.2. The zero-order chi connectivity index (χ0) is 19.3. The lowest BCUT2D eigenvalue weighted by Gasteiger charge is -2.25. The van der Waals surface area contributed by atoms with E-state index in [1.54, 1.807) is 17.1 Å². The van der Waals surface area contributed by atoms with E-state index >= 15 is 0 Å². The molecule has 28 heavy (non-hydrogen) atoms. The molecule has 0 atom stereocenters. The molecule has 0 aliphatic heterocycles. The fraction of sp³-hybridized carbons (Fsp3) is 0.400. The van der Waals surface area contributed by atoms with Crippen molar-refractivity contribution in [2.45, 2.75) is 37.8 Å². The summed E-state index contributed by atoms with van der Waals surface area (Å²) in [5.41, 5.74) is 7.08. The zero-order valence-corrected chi connectivity index (χ0v) is 15.6. The Hall–Kier alpha value is -3.00. The summed E-state index contributed by atoms with van der Waals surface area (Å²) in [6.07, 6.45) is 7.35. The molecule has 0 spiro atoms. The van der Waals surface area contributed by atoms with E-state index in [9.17, 15) is 4.79 Å². The highest BCUT2D eigenvalue weighted by Crippen LogP contribution is 2.26. The fourth-order valence-corrected chi connectivity index (χ4v) is 3.53. The summed E-state index contributed by atoms with van der Waals surface area (Å²) < 4.78 is 7.58. The van der Waals surface area contributed by atoms with Gasteiger partial charge in [0.2, 0.25) is 0 Å². The molecule has 0 saturated heterocycles. The predicted molar refractivity (Wildman–Crippen MR) is 105 cm³/mol. The third-order valence-electron chi connectivity index (χ3n) is 5.10. The third-order valence-corrected chi connectivity index (χ3v) is 5.10. The van der Waals surface area contributed by atoms with Gasteiger partial charge in [-0.25, -0.2) is 4.68 Å². The maximum absolute atomic E-state index is 12.3. The molecule has 3 N–H and O–H groups in total. The second-order valence-corrected chi connectivity index (χ2v) is 7.09. The molecule has 8 heteroatoms. The van der Waals surface area contributed by atoms with Crippen molar-refractivity contribution in [1.82, 2.24) is 25.3 Å². The lowest BCUT2D eigenvalue weighted by molar-refractivity contribution is 0.0942. The number of nitrogens with zero attached hydrogens (tertiary/aromatic N) is 4. The Morgan fingerprint density at radius 2 is 2.04 bits per heavy atom. The topological polar surface area (TPSA) is 108 Å². The molecule has 2 aromatic heterocycles. The Kier molecular flexibility index (Phi) is 5.48. The van der Waals surface area contributed by atoms with Gasteiger partial charge in [0.25, 0.3) is 5.91 Å². The van der Waals surface area contributed by atoms with Gasteiger partial charge in [0, 0.05) is 17.6 Å². The van der Waals surface area contributed by atoms with Crippen LogP contribution >= 0.6 is 0 Å². The van der Waals surface area contributed by atoms with Gasteiger partial charge in [-0.15, -0.1) is 5.10 Å². The van der Waals surface area contributed by atoms with E-state index in [2.05, 4.69) is 20.6 Å². The molecule has 1 aliphatic carbocycles. The highest BCUT2D eigenvalue weighted by Gasteiger charge is 2.22. The molecule has 1 aliphatic rings. The second-order valence-electron chi connectivity index (χ2n) is 7.09. The molecule has 4 rings (SSSR count). The third kappa shape index (κ3) is 4.12. The number of amides is 1. The maximum atomic E-state index is 12.3. The van der Waals surface area contributed by atoms with Crippen LogP contribution in [0, 0.1) is 0 Å². The standard InChI is InChI=1S/C20H24N6O2/c21-15-6-8-16(9-7-15)26-13-17(24-25-26)20(27)23-11-12-28-18-5-1-3-14-4-2-10-22-19(14)18/h1-5,10,13,15-16H,6-9,11-12,21H2,(H,23,27). The van der Waals surface area contributed by atoms with Gasteiger partial charge in [-0.1, -0.05) is 23.4 Å². The van der Waals surface area contributed by atoms with Crippen LogP contribution in [0.4, 0.5) is 0 Å². The first kappa shape index (κ1) is 18.4. The number of carbonyl (C=O) groups is 1. The van der Waals surface area contributed by atoms with E-state index in [-0.39, 0.29) is 18.0 Å². The number of hydrogen-bond acceptors (Lipinski definition) is 6. The molecule has 3 aromatic rings. The molecular formula is C20H24N6O2. The van der Waals surface area contributed by atoms with Crippen molar-refractivity contribution in [3.63, 3.8) is 0 Å². The van der Waals surface area contributed by atoms with Gasteiger partial charge in [0.05, 0.1) is 18.8 Å². The van der Waals surface area contributed by atoms with Crippen LogP contribution in [0.5, 0.6) is 5.75 Å². The average Bonchev–Trinajstić information content (AvgIpc) is 3.22. The van der Waals surface area contributed by atoms with Crippen molar-refractivity contribution in [3.05, 3.63) is 48.4 Å². The Morgan fingerprint density at radius 3 is 2.89 bits per heavy atom. The Morgan fingerprint density at radius 1 is 1.21 bits per heavy atom. The largest absolute Gasteiger partial charge is 0.489 e. The van der Waals surface area contributed by atoms with Gasteiger partial charge in [-0.3, -0.25) is 9.78 Å². The first-order chi connectivity index (χ1) is 13.7. The smallest absolute Gasteiger partial charge is 0.273 e. The number of aromatic nitrogens is 4. The summed E-state index contributed by atoms with van der Waals surface area (Å²) in [5, 5.41) is 12.0. The first-order valence-corrected chi connectivity index (χ1v) is 9.63. The van der Waals surface area contributed by atoms with Crippen molar-refractivity contribution in [2.75, 3.05) is 13.2 Å². The molecule has 1 aromatic carbocycles. The summed E-state index contributed by atoms with van der Waals surface area (Å²) in [4.78, 5) is 16.7. The molecule has 8 nitrogen and oxygen atoms in total. The van der Waals surface area contributed by atoms with E-state index in [1.165, 1.54) is 0 Å². The monoisotopic (exact) mass is 380 g/mol. The Balaban J connectivity index is 1.28. The van der Waals surface area contributed by atoms with Crippen molar-refractivity contribution in [2.24, 2.45) is 5.73 Å². The Labute approximate surface area is 163 Å². The highest BCUT2D eigenvalue weighted by molar-refractivity contribution is 5.91. The number of benzene rings is 1. The average molecular weight is 380 g/mol. The number of rotatable bonds is 6. The number of carbonyl (C=O) groups excluding carboxylic acids is 1. The van der Waals surface area contributed by atoms with Crippen molar-refractivity contribution in [1.29, 1.82) is 0 Å². The van der Waals surface area contributed by atoms with Crippen LogP contribution in [0.1, 0.15) is 42.2 Å². The van der Waals surface area contributed by atoms with Crippen LogP contribution < -0.4 is 15.8 Å². The van der Waals surface area contributed by atoms with E-state index < -0.39 is 0 Å². The van der Waals surface area contributed by atoms with Gasteiger partial charge >= 0.3 is 0 Å². The summed E-state index contributed by atoms with van der Waals surface area (Å²) in [5.74, 6) is 0.451. The van der Waals surface area contributed by atoms with Gasteiger partial charge in [-0.05, 0) is 37.8 Å². The number of pyridine rings is 1. The SMILES string of the molecule is NC1CCC(n2cc(C(=O)NCCOc3cccc4cccnc34)nn2)CC1. The number of hydrogen-bond donors (Lipinski definition) is 2. The quantitative estimate of drug-likeness (QED) is 0.634. The predicted octanol–water partition coefficient (Wildman–Crippen LogP) is 2.08. The normalized spacial score (nSPS) is 19.5. The molecule has 2 heterocycles. The van der Waals surface area contributed by atoms with Crippen molar-refractivity contribution in [3.8, 4) is 5.75 Å². The van der Waals surface area contributed by atoms with Gasteiger partial charge in [0.15, 0.2) is 5.69 Å². The van der Waals surface area contributed by atoms with Crippen LogP contribution in [-0.4, -0.2) is 45.1 Å². The first-order valence-electron chi connectivity index (χ1n) is 9.63. The summed E-state index contributed by atoms with van der Waals surface area (Å²) in [7, 11) is 0. The minimum Gasteiger partial charge on any atom is -0.489 e. The summed E-state index contributed by atoms with van der Waals surface area (Å²) in [6.45, 7) is 0.712. The molecule has 1 amide bonds. The lowest BCUT2D eigenvalue weighted by Crippen LogP contribution is -2.29. The fourth-order valence-electron chi connectivity index (χ4n) is 3.53. The molecule has 1 saturated carbocycles. The lowest BCUT2D eigenvalue weighted by atomic mass is 9.92. The molecule has 1 fully saturated rings. The minimum atomic E-state index is -0.251. The molecule has 0 radical (unpaired) electrons. The minimum absolute atomic E-state index is 0.251. The van der Waals surface area contributed by atoms with E-state index in [4.69, 9.17) is 10.5 Å². The van der Waals surface area contributed by atoms with Gasteiger partial charge in [-0.2, -0.15) is 0 Å². The van der Waals surface area contributed by atoms with Crippen molar-refractivity contribution >= 4 is 16.8 Å². The number of nitrogens with two attached hydrogens (primary N) is 1. The Bertz CT molecular complexity index is 943. The van der Waals surface area contributed by atoms with Gasteiger partial charge in [0.1, 0.15) is 17.9 Å². The molecule has 146 valence electrons. The number of fused-ring (bicyclic) bond motifs is 1. The highest BCUT2D eigenvalue weighted by atomic mass is 16.5. The van der Waals surface area contributed by atoms with Crippen LogP contribution in [0.2, 0.25) is 0 Å². The molecule has 0 bridgehead atoms. The van der Waals surface area contributed by atoms with Crippen molar-refractivity contribution < 1.29 is 9.53 Å². The number of para-hydroxylation sites is 1. The van der Waals surface area contributed by atoms with Crippen LogP contribution in [0.3, 0.4) is 0 Å². The second kappa shape index (κ2) is 8.35. The maximum Gasteiger partial charge on any atom is 0.273 e. The van der Waals surface area contributed by atoms with Gasteiger partial charge < -0.3 is 15.8 Å². The zero-order valence-electron chi connectivity index (χ0n) is 15.6. The van der Waals surface area contributed by atoms with Crippen LogP contribution in [0.25, 0.3) is 10.9 Å². The van der Waals surface area contributed by atoms with E-state index in [0.717, 1.165) is 36.6 Å². The molecule has 0 unspecified atom stereocenters. The summed E-state index contributed by atoms with van der Waals surface area (Å²) >= 11 is 0. The van der Waals surface area contributed by atoms with Crippen LogP contribution in [0.15, 0.2) is 42.7 Å². The number of ether oxygens (including phenoxy) is 1. The van der Waals surface area contributed by atoms with E-state index in [0.29, 0.717) is 24.6 Å². The van der Waals surface area contributed by atoms with Crippen LogP contribution in [-0.2, 0) is 0 Å². The van der Waals surface area contributed by atoms with E-state index in [1.807, 2.05) is 30.3 Å².